The summed E-state index contributed by atoms with van der Waals surface area (Å²) >= 11 is 6.39. The van der Waals surface area contributed by atoms with Gasteiger partial charge in [0.2, 0.25) is 0 Å². The molecule has 1 aromatic rings. The van der Waals surface area contributed by atoms with Crippen molar-refractivity contribution in [1.82, 2.24) is 0 Å². The molecule has 2 heteroatoms. The van der Waals surface area contributed by atoms with Crippen molar-refractivity contribution in [3.8, 4) is 11.8 Å². The summed E-state index contributed by atoms with van der Waals surface area (Å²) in [5.74, 6) is 13.2. The predicted octanol–water partition coefficient (Wildman–Crippen LogP) is 9.56. The molecule has 0 radical (unpaired) electrons. The molecule has 5 fully saturated rings. The van der Waals surface area contributed by atoms with Gasteiger partial charge >= 0.3 is 0 Å². The Kier molecular flexibility index (Phi) is 6.81. The number of hydrogen-bond acceptors (Lipinski definition) is 1. The van der Waals surface area contributed by atoms with E-state index in [0.717, 1.165) is 58.4 Å². The van der Waals surface area contributed by atoms with E-state index in [-0.39, 0.29) is 5.60 Å². The number of halogens is 1. The molecule has 1 heterocycles. The maximum atomic E-state index is 6.46. The Balaban J connectivity index is 1.15. The van der Waals surface area contributed by atoms with Crippen molar-refractivity contribution in [2.24, 2.45) is 52.3 Å². The first-order chi connectivity index (χ1) is 17.7. The highest BCUT2D eigenvalue weighted by Gasteiger charge is 2.68. The van der Waals surface area contributed by atoms with E-state index in [4.69, 9.17) is 16.3 Å². The smallest absolute Gasteiger partial charge is 0.155 e. The molecule has 1 aromatic carbocycles. The van der Waals surface area contributed by atoms with E-state index >= 15 is 0 Å². The molecule has 1 saturated heterocycles. The molecule has 1 nitrogen and oxygen atoms in total. The molecule has 4 aliphatic carbocycles. The monoisotopic (exact) mass is 520 g/mol. The third-order valence-electron chi connectivity index (χ3n) is 12.5. The Morgan fingerprint density at radius 3 is 2.51 bits per heavy atom. The minimum atomic E-state index is -0.205. The first-order valence-corrected chi connectivity index (χ1v) is 16.0. The molecule has 202 valence electrons. The number of epoxide rings is 1. The van der Waals surface area contributed by atoms with Gasteiger partial charge in [0.15, 0.2) is 5.60 Å². The second-order valence-corrected chi connectivity index (χ2v) is 15.2. The highest BCUT2D eigenvalue weighted by molar-refractivity contribution is 6.31. The summed E-state index contributed by atoms with van der Waals surface area (Å²) in [6.45, 7) is 12.7. The predicted molar refractivity (Wildman–Crippen MR) is 154 cm³/mol. The first-order valence-electron chi connectivity index (χ1n) is 15.6. The van der Waals surface area contributed by atoms with Gasteiger partial charge in [0.25, 0.3) is 0 Å². The van der Waals surface area contributed by atoms with Crippen LogP contribution in [0.25, 0.3) is 0 Å². The zero-order valence-electron chi connectivity index (χ0n) is 24.0. The second kappa shape index (κ2) is 9.59. The number of ether oxygens (including phenoxy) is 1. The quantitative estimate of drug-likeness (QED) is 0.278. The molecule has 0 unspecified atom stereocenters. The van der Waals surface area contributed by atoms with E-state index in [0.29, 0.717) is 16.9 Å². The van der Waals surface area contributed by atoms with E-state index < -0.39 is 0 Å². The summed E-state index contributed by atoms with van der Waals surface area (Å²) in [5.41, 5.74) is 1.74. The summed E-state index contributed by atoms with van der Waals surface area (Å²) in [4.78, 5) is 0. The lowest BCUT2D eigenvalue weighted by Gasteiger charge is -2.60. The number of hydrogen-bond donors (Lipinski definition) is 0. The van der Waals surface area contributed by atoms with Gasteiger partial charge in [0, 0.05) is 5.56 Å². The Bertz CT molecular complexity index is 1070. The molecule has 0 aromatic heterocycles. The standard InChI is InChI=1S/C35H49ClO/c1-23(2)9-8-10-24(3)28-15-16-29-27-14-13-26-21-35(20-17-25-11-6-7-12-31(25)36)32(37-35)22-34(26,5)30(27)18-19-33(28,29)4/h6-7,11-12,23-24,26-30,32H,8-10,13-16,18-19,21-22H2,1-5H3/t24-,26+,27-,28+,29-,30-,32+,33+,34-,35-/m0/s1. The molecular weight excluding hydrogens is 472 g/mol. The van der Waals surface area contributed by atoms with Crippen LogP contribution in [-0.4, -0.2) is 11.7 Å². The van der Waals surface area contributed by atoms with Crippen molar-refractivity contribution in [1.29, 1.82) is 0 Å². The molecule has 6 rings (SSSR count). The van der Waals surface area contributed by atoms with Crippen molar-refractivity contribution < 1.29 is 4.74 Å². The van der Waals surface area contributed by atoms with Crippen molar-refractivity contribution in [2.45, 2.75) is 117 Å². The van der Waals surface area contributed by atoms with Crippen LogP contribution in [0.1, 0.15) is 111 Å². The van der Waals surface area contributed by atoms with Gasteiger partial charge < -0.3 is 4.74 Å². The fourth-order valence-corrected chi connectivity index (χ4v) is 10.7. The topological polar surface area (TPSA) is 12.5 Å². The van der Waals surface area contributed by atoms with Crippen LogP contribution in [0, 0.1) is 64.1 Å². The molecule has 5 aliphatic rings. The SMILES string of the molecule is CC(C)CCC[C@H](C)[C@H]1CC[C@H]2[C@@H]3CC[C@@H]4C[C@]5(C#Cc6ccccc6Cl)O[C@@H]5C[C@]4(C)[C@H]3CC[C@]12C. The molecule has 37 heavy (non-hydrogen) atoms. The highest BCUT2D eigenvalue weighted by Crippen LogP contribution is 2.71. The Hall–Kier alpha value is -0.970. The molecular formula is C35H49ClO. The zero-order valence-corrected chi connectivity index (χ0v) is 24.7. The molecule has 0 spiro atoms. The van der Waals surface area contributed by atoms with Crippen LogP contribution in [0.2, 0.25) is 5.02 Å². The van der Waals surface area contributed by atoms with Gasteiger partial charge in [-0.05, 0) is 116 Å². The lowest BCUT2D eigenvalue weighted by atomic mass is 9.44. The number of rotatable bonds is 5. The van der Waals surface area contributed by atoms with Gasteiger partial charge in [0.1, 0.15) is 6.10 Å². The maximum absolute atomic E-state index is 6.46. The fraction of sp³-hybridized carbons (Fsp3) is 0.771. The Labute approximate surface area is 231 Å². The van der Waals surface area contributed by atoms with Crippen LogP contribution in [0.3, 0.4) is 0 Å². The molecule has 0 bridgehead atoms. The van der Waals surface area contributed by atoms with Crippen molar-refractivity contribution in [3.05, 3.63) is 34.9 Å². The molecule has 0 N–H and O–H groups in total. The molecule has 0 amide bonds. The molecule has 1 aliphatic heterocycles. The number of fused-ring (bicyclic) bond motifs is 6. The number of benzene rings is 1. The van der Waals surface area contributed by atoms with Crippen molar-refractivity contribution in [3.63, 3.8) is 0 Å². The van der Waals surface area contributed by atoms with Gasteiger partial charge in [-0.2, -0.15) is 0 Å². The summed E-state index contributed by atoms with van der Waals surface area (Å²) in [7, 11) is 0. The largest absolute Gasteiger partial charge is 0.352 e. The lowest BCUT2D eigenvalue weighted by Crippen LogP contribution is -2.54. The zero-order chi connectivity index (χ0) is 26.0. The minimum absolute atomic E-state index is 0.205. The summed E-state index contributed by atoms with van der Waals surface area (Å²) < 4.78 is 6.46. The average Bonchev–Trinajstić information content (AvgIpc) is 3.41. The van der Waals surface area contributed by atoms with E-state index in [2.05, 4.69) is 46.5 Å². The summed E-state index contributed by atoms with van der Waals surface area (Å²) in [6, 6.07) is 7.96. The van der Waals surface area contributed by atoms with E-state index in [1.54, 1.807) is 0 Å². The maximum Gasteiger partial charge on any atom is 0.155 e. The first kappa shape index (κ1) is 26.3. The van der Waals surface area contributed by atoms with Crippen molar-refractivity contribution in [2.75, 3.05) is 0 Å². The van der Waals surface area contributed by atoms with E-state index in [9.17, 15) is 0 Å². The average molecular weight is 521 g/mol. The summed E-state index contributed by atoms with van der Waals surface area (Å²) in [6.07, 6.45) is 15.6. The minimum Gasteiger partial charge on any atom is -0.352 e. The fourth-order valence-electron chi connectivity index (χ4n) is 10.5. The van der Waals surface area contributed by atoms with Crippen LogP contribution >= 0.6 is 11.6 Å². The van der Waals surface area contributed by atoms with E-state index in [1.165, 1.54) is 64.2 Å². The van der Waals surface area contributed by atoms with Crippen LogP contribution in [0.15, 0.2) is 24.3 Å². The van der Waals surface area contributed by atoms with Crippen LogP contribution < -0.4 is 0 Å². The molecule has 4 saturated carbocycles. The van der Waals surface area contributed by atoms with Crippen LogP contribution in [0.4, 0.5) is 0 Å². The van der Waals surface area contributed by atoms with E-state index in [1.807, 2.05) is 24.3 Å². The normalized spacial score (nSPS) is 44.6. The Morgan fingerprint density at radius 2 is 1.73 bits per heavy atom. The van der Waals surface area contributed by atoms with Crippen LogP contribution in [-0.2, 0) is 4.74 Å². The third kappa shape index (κ3) is 4.42. The molecule has 10 atom stereocenters. The van der Waals surface area contributed by atoms with Gasteiger partial charge in [-0.1, -0.05) is 89.5 Å². The lowest BCUT2D eigenvalue weighted by molar-refractivity contribution is -0.112. The van der Waals surface area contributed by atoms with Gasteiger partial charge in [0.05, 0.1) is 5.02 Å². The van der Waals surface area contributed by atoms with Crippen molar-refractivity contribution >= 4 is 11.6 Å². The van der Waals surface area contributed by atoms with Crippen LogP contribution in [0.5, 0.6) is 0 Å². The van der Waals surface area contributed by atoms with Gasteiger partial charge in [-0.15, -0.1) is 0 Å². The Morgan fingerprint density at radius 1 is 0.946 bits per heavy atom. The van der Waals surface area contributed by atoms with Gasteiger partial charge in [-0.3, -0.25) is 0 Å². The second-order valence-electron chi connectivity index (χ2n) is 14.8. The summed E-state index contributed by atoms with van der Waals surface area (Å²) in [5, 5.41) is 0.749. The highest BCUT2D eigenvalue weighted by atomic mass is 35.5. The third-order valence-corrected chi connectivity index (χ3v) is 12.9. The van der Waals surface area contributed by atoms with Gasteiger partial charge in [-0.25, -0.2) is 0 Å².